The molecule has 25 heavy (non-hydrogen) atoms. The minimum Gasteiger partial charge on any atom is -0.353 e. The Balaban J connectivity index is 1.63. The molecule has 3 aromatic heterocycles. The van der Waals surface area contributed by atoms with E-state index in [1.54, 1.807) is 4.57 Å². The number of carbonyl (C=O) groups excluding carboxylic acids is 1. The van der Waals surface area contributed by atoms with E-state index in [0.717, 1.165) is 41.7 Å². The van der Waals surface area contributed by atoms with Crippen molar-refractivity contribution in [1.29, 1.82) is 0 Å². The zero-order chi connectivity index (χ0) is 17.4. The van der Waals surface area contributed by atoms with E-state index in [-0.39, 0.29) is 11.5 Å². The minimum atomic E-state index is 0.00195. The van der Waals surface area contributed by atoms with Crippen molar-refractivity contribution in [3.63, 3.8) is 0 Å². The molecule has 1 aliphatic carbocycles. The van der Waals surface area contributed by atoms with Gasteiger partial charge in [-0.25, -0.2) is 0 Å². The van der Waals surface area contributed by atoms with E-state index in [1.807, 2.05) is 22.8 Å². The van der Waals surface area contributed by atoms with Crippen LogP contribution in [-0.2, 0) is 17.8 Å². The van der Waals surface area contributed by atoms with E-state index >= 15 is 0 Å². The fourth-order valence-corrected chi connectivity index (χ4v) is 3.93. The number of aryl methyl sites for hydroxylation is 2. The zero-order valence-corrected chi connectivity index (χ0v) is 15.0. The van der Waals surface area contributed by atoms with Gasteiger partial charge in [0.2, 0.25) is 11.7 Å². The Morgan fingerprint density at radius 3 is 3.00 bits per heavy atom. The summed E-state index contributed by atoms with van der Waals surface area (Å²) in [7, 11) is 0. The van der Waals surface area contributed by atoms with Gasteiger partial charge in [-0.2, -0.15) is 0 Å². The molecule has 1 amide bonds. The Bertz CT molecular complexity index is 982. The summed E-state index contributed by atoms with van der Waals surface area (Å²) in [6.07, 6.45) is 4.94. The van der Waals surface area contributed by atoms with Gasteiger partial charge in [-0.05, 0) is 37.1 Å². The summed E-state index contributed by atoms with van der Waals surface area (Å²) in [5.41, 5.74) is 0.863. The van der Waals surface area contributed by atoms with Crippen molar-refractivity contribution in [3.05, 3.63) is 27.6 Å². The molecule has 1 N–H and O–H groups in total. The predicted octanol–water partition coefficient (Wildman–Crippen LogP) is 2.12. The summed E-state index contributed by atoms with van der Waals surface area (Å²) in [4.78, 5) is 24.5. The van der Waals surface area contributed by atoms with Crippen LogP contribution >= 0.6 is 11.3 Å². The van der Waals surface area contributed by atoms with E-state index in [4.69, 9.17) is 0 Å². The minimum absolute atomic E-state index is 0.00195. The van der Waals surface area contributed by atoms with Gasteiger partial charge in [-0.3, -0.25) is 18.6 Å². The van der Waals surface area contributed by atoms with Crippen LogP contribution in [0.15, 0.2) is 16.2 Å². The van der Waals surface area contributed by atoms with Crippen LogP contribution in [0.1, 0.15) is 44.9 Å². The summed E-state index contributed by atoms with van der Waals surface area (Å²) in [6, 6.07) is 2.34. The fourth-order valence-electron chi connectivity index (χ4n) is 3.10. The number of hydrogen-bond acceptors (Lipinski definition) is 5. The third-order valence-corrected chi connectivity index (χ3v) is 5.36. The van der Waals surface area contributed by atoms with Crippen LogP contribution in [0.3, 0.4) is 0 Å². The van der Waals surface area contributed by atoms with Crippen LogP contribution < -0.4 is 10.9 Å². The molecule has 132 valence electrons. The number of nitrogens with zero attached hydrogens (tertiary/aromatic N) is 4. The van der Waals surface area contributed by atoms with Crippen LogP contribution in [0.5, 0.6) is 0 Å². The first kappa shape index (κ1) is 16.3. The van der Waals surface area contributed by atoms with Gasteiger partial charge in [-0.15, -0.1) is 21.5 Å². The van der Waals surface area contributed by atoms with Crippen LogP contribution in [0.4, 0.5) is 0 Å². The highest BCUT2D eigenvalue weighted by atomic mass is 32.1. The Hall–Kier alpha value is -2.22. The van der Waals surface area contributed by atoms with E-state index in [9.17, 15) is 9.59 Å². The number of thiophene rings is 1. The highest BCUT2D eigenvalue weighted by Crippen LogP contribution is 2.21. The second-order valence-corrected chi connectivity index (χ2v) is 7.45. The van der Waals surface area contributed by atoms with Gasteiger partial charge in [0, 0.05) is 25.4 Å². The number of fused-ring (bicyclic) bond motifs is 3. The first-order valence-corrected chi connectivity index (χ1v) is 9.70. The molecule has 0 unspecified atom stereocenters. The molecule has 3 heterocycles. The lowest BCUT2D eigenvalue weighted by Crippen LogP contribution is -2.25. The number of nitrogens with one attached hydrogen (secondary N) is 1. The molecule has 0 saturated heterocycles. The molecular formula is C17H21N5O2S. The molecule has 7 nitrogen and oxygen atoms in total. The summed E-state index contributed by atoms with van der Waals surface area (Å²) in [5, 5.41) is 13.5. The molecule has 0 aliphatic heterocycles. The van der Waals surface area contributed by atoms with Gasteiger partial charge in [0.15, 0.2) is 0 Å². The quantitative estimate of drug-likeness (QED) is 0.701. The van der Waals surface area contributed by atoms with Crippen LogP contribution in [-0.4, -0.2) is 31.1 Å². The molecule has 0 bridgehead atoms. The third kappa shape index (κ3) is 3.06. The highest BCUT2D eigenvalue weighted by Gasteiger charge is 2.23. The number of aromatic nitrogens is 4. The van der Waals surface area contributed by atoms with Gasteiger partial charge < -0.3 is 5.32 Å². The van der Waals surface area contributed by atoms with Crippen molar-refractivity contribution in [2.24, 2.45) is 0 Å². The maximum Gasteiger partial charge on any atom is 0.272 e. The van der Waals surface area contributed by atoms with E-state index in [0.29, 0.717) is 31.2 Å². The van der Waals surface area contributed by atoms with Crippen molar-refractivity contribution in [3.8, 4) is 0 Å². The Morgan fingerprint density at radius 2 is 2.24 bits per heavy atom. The lowest BCUT2D eigenvalue weighted by Gasteiger charge is -2.08. The van der Waals surface area contributed by atoms with Gasteiger partial charge in [0.05, 0.1) is 5.52 Å². The molecular weight excluding hydrogens is 338 g/mol. The van der Waals surface area contributed by atoms with Crippen LogP contribution in [0.25, 0.3) is 16.0 Å². The monoisotopic (exact) mass is 359 g/mol. The largest absolute Gasteiger partial charge is 0.353 e. The summed E-state index contributed by atoms with van der Waals surface area (Å²) >= 11 is 1.45. The zero-order valence-electron chi connectivity index (χ0n) is 14.2. The van der Waals surface area contributed by atoms with Gasteiger partial charge >= 0.3 is 0 Å². The Kier molecular flexibility index (Phi) is 4.29. The van der Waals surface area contributed by atoms with Crippen molar-refractivity contribution in [2.45, 2.75) is 58.0 Å². The number of amides is 1. The Morgan fingerprint density at radius 1 is 1.40 bits per heavy atom. The van der Waals surface area contributed by atoms with Crippen molar-refractivity contribution in [1.82, 2.24) is 24.5 Å². The van der Waals surface area contributed by atoms with E-state index in [2.05, 4.69) is 15.5 Å². The molecule has 1 saturated carbocycles. The molecule has 1 fully saturated rings. The molecule has 0 spiro atoms. The van der Waals surface area contributed by atoms with E-state index in [1.165, 1.54) is 11.3 Å². The van der Waals surface area contributed by atoms with E-state index < -0.39 is 0 Å². The maximum absolute atomic E-state index is 12.7. The molecule has 0 radical (unpaired) electrons. The van der Waals surface area contributed by atoms with Crippen molar-refractivity contribution >= 4 is 33.2 Å². The van der Waals surface area contributed by atoms with Crippen LogP contribution in [0, 0.1) is 0 Å². The summed E-state index contributed by atoms with van der Waals surface area (Å²) in [5.74, 6) is 1.51. The molecule has 3 aromatic rings. The molecule has 4 rings (SSSR count). The summed E-state index contributed by atoms with van der Waals surface area (Å²) < 4.78 is 4.41. The summed E-state index contributed by atoms with van der Waals surface area (Å²) in [6.45, 7) is 2.66. The lowest BCUT2D eigenvalue weighted by molar-refractivity contribution is -0.121. The highest BCUT2D eigenvalue weighted by molar-refractivity contribution is 7.17. The first-order chi connectivity index (χ1) is 12.2. The van der Waals surface area contributed by atoms with Gasteiger partial charge in [-0.1, -0.05) is 6.92 Å². The Labute approximate surface area is 148 Å². The maximum atomic E-state index is 12.7. The SMILES string of the molecule is CCCn1c(=O)c2sccc2n2c(CCCC(=O)NC3CC3)nnc12. The molecule has 1 aliphatic rings. The number of carbonyl (C=O) groups is 1. The smallest absolute Gasteiger partial charge is 0.272 e. The topological polar surface area (TPSA) is 81.3 Å². The van der Waals surface area contributed by atoms with Crippen molar-refractivity contribution in [2.75, 3.05) is 0 Å². The second kappa shape index (κ2) is 6.59. The average Bonchev–Trinajstić information content (AvgIpc) is 3.10. The third-order valence-electron chi connectivity index (χ3n) is 4.47. The normalized spacial score (nSPS) is 14.4. The number of hydrogen-bond donors (Lipinski definition) is 1. The standard InChI is InChI=1S/C17H21N5O2S/c1-2-9-21-16(24)15-12(8-10-25-15)22-13(19-20-17(21)22)4-3-5-14(23)18-11-6-7-11/h8,10-11H,2-7,9H2,1H3,(H,18,23). The molecule has 0 atom stereocenters. The van der Waals surface area contributed by atoms with Gasteiger partial charge in [0.1, 0.15) is 10.5 Å². The lowest BCUT2D eigenvalue weighted by atomic mass is 10.2. The fraction of sp³-hybridized carbons (Fsp3) is 0.529. The first-order valence-electron chi connectivity index (χ1n) is 8.82. The molecule has 0 aromatic carbocycles. The average molecular weight is 359 g/mol. The van der Waals surface area contributed by atoms with Crippen molar-refractivity contribution < 1.29 is 4.79 Å². The van der Waals surface area contributed by atoms with Gasteiger partial charge in [0.25, 0.3) is 5.56 Å². The number of rotatable bonds is 7. The molecule has 8 heteroatoms. The second-order valence-electron chi connectivity index (χ2n) is 6.54. The van der Waals surface area contributed by atoms with Crippen LogP contribution in [0.2, 0.25) is 0 Å². The predicted molar refractivity (Wildman–Crippen MR) is 97.0 cm³/mol.